The van der Waals surface area contributed by atoms with E-state index < -0.39 is 16.7 Å². The number of phenols is 1. The first-order chi connectivity index (χ1) is 10.0. The van der Waals surface area contributed by atoms with Gasteiger partial charge in [0.05, 0.1) is 21.3 Å². The van der Waals surface area contributed by atoms with E-state index in [0.29, 0.717) is 15.6 Å². The molecule has 1 atom stereocenters. The van der Waals surface area contributed by atoms with Crippen LogP contribution >= 0.6 is 11.6 Å². The highest BCUT2D eigenvalue weighted by Crippen LogP contribution is 2.28. The van der Waals surface area contributed by atoms with Gasteiger partial charge in [-0.3, -0.25) is 4.79 Å². The molecular weight excluding hydrogens is 310 g/mol. The molecule has 0 aromatic heterocycles. The van der Waals surface area contributed by atoms with Crippen LogP contribution in [0.4, 0.5) is 5.69 Å². The van der Waals surface area contributed by atoms with Crippen molar-refractivity contribution < 1.29 is 14.1 Å². The average molecular weight is 320 g/mol. The van der Waals surface area contributed by atoms with Crippen molar-refractivity contribution in [2.75, 3.05) is 5.32 Å². The highest BCUT2D eigenvalue weighted by molar-refractivity contribution is 7.88. The molecule has 1 unspecified atom stereocenters. The van der Waals surface area contributed by atoms with Crippen LogP contribution < -0.4 is 5.32 Å². The first-order valence-corrected chi connectivity index (χ1v) is 7.66. The third-order valence-electron chi connectivity index (χ3n) is 3.06. The van der Waals surface area contributed by atoms with E-state index in [1.165, 1.54) is 18.2 Å². The van der Waals surface area contributed by atoms with Crippen molar-refractivity contribution in [3.63, 3.8) is 0 Å². The maximum atomic E-state index is 12.1. The molecule has 1 amide bonds. The molecule has 2 N–H and O–H groups in total. The molecular formula is C15H10ClNO3S. The van der Waals surface area contributed by atoms with Gasteiger partial charge >= 0.3 is 0 Å². The lowest BCUT2D eigenvalue weighted by molar-refractivity contribution is 0.102. The number of anilines is 1. The summed E-state index contributed by atoms with van der Waals surface area (Å²) >= 11 is 5.82. The number of benzene rings is 2. The Morgan fingerprint density at radius 1 is 1.19 bits per heavy atom. The maximum Gasteiger partial charge on any atom is 0.259 e. The van der Waals surface area contributed by atoms with Crippen LogP contribution in [0.15, 0.2) is 46.7 Å². The maximum absolute atomic E-state index is 12.1. The Balaban J connectivity index is 1.87. The fourth-order valence-corrected chi connectivity index (χ4v) is 3.22. The van der Waals surface area contributed by atoms with Crippen molar-refractivity contribution in [2.45, 2.75) is 4.90 Å². The minimum atomic E-state index is -1.18. The molecule has 2 aromatic carbocycles. The van der Waals surface area contributed by atoms with Gasteiger partial charge in [0, 0.05) is 16.1 Å². The lowest BCUT2D eigenvalue weighted by atomic mass is 10.1. The molecule has 0 radical (unpaired) electrons. The number of hydrogen-bond acceptors (Lipinski definition) is 3. The number of carbonyl (C=O) groups is 1. The van der Waals surface area contributed by atoms with Gasteiger partial charge in [-0.25, -0.2) is 4.21 Å². The molecule has 1 aliphatic heterocycles. The van der Waals surface area contributed by atoms with Crippen molar-refractivity contribution in [1.29, 1.82) is 0 Å². The van der Waals surface area contributed by atoms with Gasteiger partial charge in [0.1, 0.15) is 5.75 Å². The van der Waals surface area contributed by atoms with E-state index in [1.54, 1.807) is 29.7 Å². The zero-order valence-corrected chi connectivity index (χ0v) is 12.2. The number of fused-ring (bicyclic) bond motifs is 1. The van der Waals surface area contributed by atoms with Crippen molar-refractivity contribution in [3.05, 3.63) is 58.0 Å². The molecule has 106 valence electrons. The van der Waals surface area contributed by atoms with Crippen LogP contribution in [-0.2, 0) is 10.8 Å². The van der Waals surface area contributed by atoms with Crippen molar-refractivity contribution >= 4 is 40.1 Å². The molecule has 0 saturated heterocycles. The minimum absolute atomic E-state index is 0.0854. The van der Waals surface area contributed by atoms with Gasteiger partial charge in [-0.2, -0.15) is 0 Å². The highest BCUT2D eigenvalue weighted by atomic mass is 35.5. The van der Waals surface area contributed by atoms with Gasteiger partial charge in [0.2, 0.25) is 0 Å². The highest BCUT2D eigenvalue weighted by Gasteiger charge is 2.16. The second kappa shape index (κ2) is 5.35. The van der Waals surface area contributed by atoms with Crippen LogP contribution in [0.3, 0.4) is 0 Å². The number of aromatic hydroxyl groups is 1. The number of halogens is 1. The Hall–Kier alpha value is -2.11. The lowest BCUT2D eigenvalue weighted by Crippen LogP contribution is -2.12. The van der Waals surface area contributed by atoms with Gasteiger partial charge in [-0.05, 0) is 42.0 Å². The van der Waals surface area contributed by atoms with Crippen molar-refractivity contribution in [3.8, 4) is 5.75 Å². The Morgan fingerprint density at radius 3 is 2.81 bits per heavy atom. The van der Waals surface area contributed by atoms with E-state index in [2.05, 4.69) is 5.32 Å². The molecule has 0 aliphatic carbocycles. The molecule has 0 spiro atoms. The number of amides is 1. The van der Waals surface area contributed by atoms with E-state index in [1.807, 2.05) is 0 Å². The number of rotatable bonds is 2. The lowest BCUT2D eigenvalue weighted by Gasteiger charge is -2.08. The van der Waals surface area contributed by atoms with Crippen LogP contribution in [0.5, 0.6) is 5.75 Å². The van der Waals surface area contributed by atoms with Crippen LogP contribution in [0.25, 0.3) is 6.08 Å². The molecule has 2 aromatic rings. The van der Waals surface area contributed by atoms with Gasteiger partial charge in [0.15, 0.2) is 0 Å². The predicted octanol–water partition coefficient (Wildman–Crippen LogP) is 3.39. The summed E-state index contributed by atoms with van der Waals surface area (Å²) in [5.41, 5.74) is 1.47. The summed E-state index contributed by atoms with van der Waals surface area (Å²) in [6.07, 6.45) is 1.78. The van der Waals surface area contributed by atoms with Gasteiger partial charge in [-0.1, -0.05) is 17.7 Å². The number of carbonyl (C=O) groups excluding carboxylic acids is 1. The second-order valence-corrected chi connectivity index (χ2v) is 6.21. The third-order valence-corrected chi connectivity index (χ3v) is 4.47. The predicted molar refractivity (Wildman–Crippen MR) is 83.0 cm³/mol. The molecule has 0 fully saturated rings. The average Bonchev–Trinajstić information content (AvgIpc) is 2.83. The standard InChI is InChI=1S/C15H10ClNO3S/c16-10-2-4-13(18)12(7-10)15(19)17-11-3-1-9-5-6-21(20)14(9)8-11/h1-8,18H,(H,17,19). The number of hydrogen-bond donors (Lipinski definition) is 2. The first kappa shape index (κ1) is 13.9. The molecule has 21 heavy (non-hydrogen) atoms. The Morgan fingerprint density at radius 2 is 2.00 bits per heavy atom. The molecule has 3 rings (SSSR count). The van der Waals surface area contributed by atoms with Crippen molar-refractivity contribution in [1.82, 2.24) is 0 Å². The fourth-order valence-electron chi connectivity index (χ4n) is 2.02. The van der Waals surface area contributed by atoms with Gasteiger partial charge < -0.3 is 10.4 Å². The smallest absolute Gasteiger partial charge is 0.259 e. The van der Waals surface area contributed by atoms with Gasteiger partial charge in [0.25, 0.3) is 5.91 Å². The number of phenolic OH excluding ortho intramolecular Hbond substituents is 1. The van der Waals surface area contributed by atoms with E-state index >= 15 is 0 Å². The molecule has 6 heteroatoms. The summed E-state index contributed by atoms with van der Waals surface area (Å²) in [5.74, 6) is -0.630. The molecule has 0 saturated carbocycles. The summed E-state index contributed by atoms with van der Waals surface area (Å²) < 4.78 is 11.7. The van der Waals surface area contributed by atoms with Crippen LogP contribution in [0, 0.1) is 0 Å². The molecule has 1 aliphatic rings. The zero-order chi connectivity index (χ0) is 15.0. The largest absolute Gasteiger partial charge is 0.507 e. The fraction of sp³-hybridized carbons (Fsp3) is 0. The normalized spacial score (nSPS) is 15.8. The third kappa shape index (κ3) is 2.70. The molecule has 0 bridgehead atoms. The zero-order valence-electron chi connectivity index (χ0n) is 10.7. The Bertz CT molecular complexity index is 802. The van der Waals surface area contributed by atoms with Crippen LogP contribution in [-0.4, -0.2) is 15.2 Å². The summed E-state index contributed by atoms with van der Waals surface area (Å²) in [4.78, 5) is 12.8. The monoisotopic (exact) mass is 319 g/mol. The Labute approximate surface area is 128 Å². The van der Waals surface area contributed by atoms with Gasteiger partial charge in [-0.15, -0.1) is 0 Å². The number of nitrogens with one attached hydrogen (secondary N) is 1. The summed E-state index contributed by atoms with van der Waals surface area (Å²) in [6, 6.07) is 9.40. The second-order valence-electron chi connectivity index (χ2n) is 4.47. The summed E-state index contributed by atoms with van der Waals surface area (Å²) in [7, 11) is -1.18. The van der Waals surface area contributed by atoms with E-state index in [0.717, 1.165) is 5.56 Å². The summed E-state index contributed by atoms with van der Waals surface area (Å²) in [6.45, 7) is 0. The van der Waals surface area contributed by atoms with E-state index in [9.17, 15) is 14.1 Å². The minimum Gasteiger partial charge on any atom is -0.507 e. The molecule has 1 heterocycles. The molecule has 4 nitrogen and oxygen atoms in total. The SMILES string of the molecule is O=C(Nc1ccc2c(c1)S(=O)C=C2)c1cc(Cl)ccc1O. The van der Waals surface area contributed by atoms with Crippen LogP contribution in [0.2, 0.25) is 5.02 Å². The van der Waals surface area contributed by atoms with E-state index in [-0.39, 0.29) is 11.3 Å². The topological polar surface area (TPSA) is 66.4 Å². The first-order valence-electron chi connectivity index (χ1n) is 6.07. The van der Waals surface area contributed by atoms with E-state index in [4.69, 9.17) is 11.6 Å². The van der Waals surface area contributed by atoms with Crippen LogP contribution in [0.1, 0.15) is 15.9 Å². The summed E-state index contributed by atoms with van der Waals surface area (Å²) in [5, 5.41) is 14.3. The Kier molecular flexibility index (Phi) is 3.53. The quantitative estimate of drug-likeness (QED) is 0.891. The van der Waals surface area contributed by atoms with Crippen molar-refractivity contribution in [2.24, 2.45) is 0 Å².